The van der Waals surface area contributed by atoms with Gasteiger partial charge < -0.3 is 5.32 Å². The molecule has 0 aliphatic carbocycles. The van der Waals surface area contributed by atoms with E-state index < -0.39 is 10.0 Å². The molecule has 1 atom stereocenters. The highest BCUT2D eigenvalue weighted by Gasteiger charge is 2.23. The van der Waals surface area contributed by atoms with E-state index in [-0.39, 0.29) is 18.5 Å². The number of carbonyl (C=O) groups excluding carboxylic acids is 1. The van der Waals surface area contributed by atoms with Crippen molar-refractivity contribution in [3.8, 4) is 0 Å². The lowest BCUT2D eigenvalue weighted by Gasteiger charge is -2.25. The standard InChI is InChI=1S/C20H26N2O3S/c1-4-10-16(2)21-20(23)18-13-8-9-14-19(18)22(26(3,24)25)15-17-11-6-5-7-12-17/h5-9,11-14,16H,4,10,15H2,1-3H3,(H,21,23). The number of nitrogens with one attached hydrogen (secondary N) is 1. The summed E-state index contributed by atoms with van der Waals surface area (Å²) in [6.07, 6.45) is 2.99. The fraction of sp³-hybridized carbons (Fsp3) is 0.350. The van der Waals surface area contributed by atoms with E-state index in [1.54, 1.807) is 24.3 Å². The molecule has 1 unspecified atom stereocenters. The van der Waals surface area contributed by atoms with E-state index in [2.05, 4.69) is 12.2 Å². The monoisotopic (exact) mass is 374 g/mol. The van der Waals surface area contributed by atoms with Crippen LogP contribution in [0.25, 0.3) is 0 Å². The summed E-state index contributed by atoms with van der Waals surface area (Å²) in [5, 5.41) is 2.95. The van der Waals surface area contributed by atoms with E-state index in [1.165, 1.54) is 4.31 Å². The Kier molecular flexibility index (Phi) is 6.80. The summed E-state index contributed by atoms with van der Waals surface area (Å²) in [6, 6.07) is 16.2. The Morgan fingerprint density at radius 1 is 1.08 bits per heavy atom. The fourth-order valence-corrected chi connectivity index (χ4v) is 3.72. The highest BCUT2D eigenvalue weighted by atomic mass is 32.2. The van der Waals surface area contributed by atoms with E-state index >= 15 is 0 Å². The third-order valence-corrected chi connectivity index (χ3v) is 5.21. The summed E-state index contributed by atoms with van der Waals surface area (Å²) in [7, 11) is -3.56. The average Bonchev–Trinajstić information content (AvgIpc) is 2.60. The molecule has 0 fully saturated rings. The highest BCUT2D eigenvalue weighted by Crippen LogP contribution is 2.25. The first-order chi connectivity index (χ1) is 12.3. The van der Waals surface area contributed by atoms with Gasteiger partial charge in [0, 0.05) is 6.04 Å². The molecule has 0 aliphatic rings. The van der Waals surface area contributed by atoms with Crippen molar-refractivity contribution in [1.29, 1.82) is 0 Å². The van der Waals surface area contributed by atoms with Crippen LogP contribution >= 0.6 is 0 Å². The molecule has 6 heteroatoms. The summed E-state index contributed by atoms with van der Waals surface area (Å²) in [5.74, 6) is -0.261. The van der Waals surface area contributed by atoms with Gasteiger partial charge in [-0.25, -0.2) is 8.42 Å². The Hall–Kier alpha value is -2.34. The number of hydrogen-bond donors (Lipinski definition) is 1. The van der Waals surface area contributed by atoms with Gasteiger partial charge in [-0.1, -0.05) is 55.8 Å². The lowest BCUT2D eigenvalue weighted by Crippen LogP contribution is -2.35. The van der Waals surface area contributed by atoms with Gasteiger partial charge in [-0.2, -0.15) is 0 Å². The lowest BCUT2D eigenvalue weighted by atomic mass is 10.1. The number of nitrogens with zero attached hydrogens (tertiary/aromatic N) is 1. The smallest absolute Gasteiger partial charge is 0.253 e. The molecular weight excluding hydrogens is 348 g/mol. The number of carbonyl (C=O) groups is 1. The van der Waals surface area contributed by atoms with Gasteiger partial charge in [0.1, 0.15) is 0 Å². The van der Waals surface area contributed by atoms with Crippen molar-refractivity contribution in [3.63, 3.8) is 0 Å². The van der Waals surface area contributed by atoms with E-state index in [9.17, 15) is 13.2 Å². The van der Waals surface area contributed by atoms with Gasteiger partial charge in [-0.3, -0.25) is 9.10 Å². The summed E-state index contributed by atoms with van der Waals surface area (Å²) in [4.78, 5) is 12.7. The maximum absolute atomic E-state index is 12.7. The third kappa shape index (κ3) is 5.33. The Balaban J connectivity index is 2.38. The molecule has 0 aliphatic heterocycles. The lowest BCUT2D eigenvalue weighted by molar-refractivity contribution is 0.0939. The van der Waals surface area contributed by atoms with Crippen LogP contribution in [0.15, 0.2) is 54.6 Å². The molecule has 0 bridgehead atoms. The van der Waals surface area contributed by atoms with E-state index in [4.69, 9.17) is 0 Å². The minimum absolute atomic E-state index is 0.0290. The van der Waals surface area contributed by atoms with Crippen LogP contribution in [0.1, 0.15) is 42.6 Å². The van der Waals surface area contributed by atoms with Crippen molar-refractivity contribution >= 4 is 21.6 Å². The molecule has 2 rings (SSSR count). The summed E-state index contributed by atoms with van der Waals surface area (Å²) in [6.45, 7) is 4.18. The number of hydrogen-bond acceptors (Lipinski definition) is 3. The molecular formula is C20H26N2O3S. The molecule has 1 N–H and O–H groups in total. The minimum Gasteiger partial charge on any atom is -0.350 e. The number of benzene rings is 2. The molecule has 5 nitrogen and oxygen atoms in total. The van der Waals surface area contributed by atoms with Crippen molar-refractivity contribution in [2.75, 3.05) is 10.6 Å². The number of sulfonamides is 1. The van der Waals surface area contributed by atoms with Crippen LogP contribution < -0.4 is 9.62 Å². The maximum Gasteiger partial charge on any atom is 0.253 e. The largest absolute Gasteiger partial charge is 0.350 e. The van der Waals surface area contributed by atoms with Crippen molar-refractivity contribution < 1.29 is 13.2 Å². The quantitative estimate of drug-likeness (QED) is 0.768. The zero-order valence-corrected chi connectivity index (χ0v) is 16.3. The van der Waals surface area contributed by atoms with Gasteiger partial charge in [-0.05, 0) is 31.0 Å². The van der Waals surface area contributed by atoms with E-state index in [1.807, 2.05) is 37.3 Å². The SMILES string of the molecule is CCCC(C)NC(=O)c1ccccc1N(Cc1ccccc1)S(C)(=O)=O. The molecule has 26 heavy (non-hydrogen) atoms. The number of amides is 1. The molecule has 0 saturated heterocycles. The first-order valence-electron chi connectivity index (χ1n) is 8.74. The Morgan fingerprint density at radius 2 is 1.69 bits per heavy atom. The topological polar surface area (TPSA) is 66.5 Å². The van der Waals surface area contributed by atoms with Crippen molar-refractivity contribution in [1.82, 2.24) is 5.32 Å². The number of anilines is 1. The first kappa shape index (κ1) is 20.0. The zero-order valence-electron chi connectivity index (χ0n) is 15.5. The number of para-hydroxylation sites is 1. The van der Waals surface area contributed by atoms with Crippen LogP contribution in [0.2, 0.25) is 0 Å². The minimum atomic E-state index is -3.56. The normalized spacial score (nSPS) is 12.4. The fourth-order valence-electron chi connectivity index (χ4n) is 2.82. The van der Waals surface area contributed by atoms with Crippen molar-refractivity contribution in [3.05, 3.63) is 65.7 Å². The Bertz CT molecular complexity index is 835. The van der Waals surface area contributed by atoms with Crippen LogP contribution in [0.3, 0.4) is 0 Å². The second-order valence-electron chi connectivity index (χ2n) is 6.44. The predicted molar refractivity (Wildman–Crippen MR) is 106 cm³/mol. The van der Waals surface area contributed by atoms with Gasteiger partial charge in [0.2, 0.25) is 10.0 Å². The predicted octanol–water partition coefficient (Wildman–Crippen LogP) is 3.57. The van der Waals surface area contributed by atoms with Crippen LogP contribution in [-0.4, -0.2) is 26.6 Å². The van der Waals surface area contributed by atoms with Gasteiger partial charge in [0.15, 0.2) is 0 Å². The Morgan fingerprint density at radius 3 is 2.31 bits per heavy atom. The average molecular weight is 375 g/mol. The molecule has 0 heterocycles. The Labute approximate surface area is 156 Å². The second kappa shape index (κ2) is 8.85. The third-order valence-electron chi connectivity index (χ3n) is 4.09. The van der Waals surface area contributed by atoms with Gasteiger partial charge >= 0.3 is 0 Å². The van der Waals surface area contributed by atoms with Crippen LogP contribution in [0.4, 0.5) is 5.69 Å². The molecule has 1 amide bonds. The molecule has 0 radical (unpaired) electrons. The van der Waals surface area contributed by atoms with Gasteiger partial charge in [0.05, 0.1) is 24.1 Å². The maximum atomic E-state index is 12.7. The van der Waals surface area contributed by atoms with Crippen LogP contribution in [0.5, 0.6) is 0 Å². The van der Waals surface area contributed by atoms with Crippen molar-refractivity contribution in [2.45, 2.75) is 39.3 Å². The first-order valence-corrected chi connectivity index (χ1v) is 10.6. The highest BCUT2D eigenvalue weighted by molar-refractivity contribution is 7.92. The van der Waals surface area contributed by atoms with E-state index in [0.717, 1.165) is 24.7 Å². The van der Waals surface area contributed by atoms with E-state index in [0.29, 0.717) is 11.3 Å². The zero-order chi connectivity index (χ0) is 19.2. The summed E-state index contributed by atoms with van der Waals surface area (Å²) in [5.41, 5.74) is 1.60. The van der Waals surface area contributed by atoms with Crippen LogP contribution in [0, 0.1) is 0 Å². The molecule has 0 saturated carbocycles. The molecule has 140 valence electrons. The summed E-state index contributed by atoms with van der Waals surface area (Å²) < 4.78 is 26.1. The summed E-state index contributed by atoms with van der Waals surface area (Å²) >= 11 is 0. The van der Waals surface area contributed by atoms with Crippen molar-refractivity contribution in [2.24, 2.45) is 0 Å². The molecule has 2 aromatic carbocycles. The van der Waals surface area contributed by atoms with Crippen LogP contribution in [-0.2, 0) is 16.6 Å². The molecule has 2 aromatic rings. The molecule has 0 spiro atoms. The van der Waals surface area contributed by atoms with Gasteiger partial charge in [0.25, 0.3) is 5.91 Å². The number of rotatable bonds is 8. The molecule has 0 aromatic heterocycles. The second-order valence-corrected chi connectivity index (χ2v) is 8.34. The van der Waals surface area contributed by atoms with Gasteiger partial charge in [-0.15, -0.1) is 0 Å².